The van der Waals surface area contributed by atoms with Crippen molar-refractivity contribution in [3.05, 3.63) is 0 Å². The minimum Gasteiger partial charge on any atom is -0.394 e. The molecule has 0 unspecified atom stereocenters. The van der Waals surface area contributed by atoms with Crippen LogP contribution in [0.3, 0.4) is 0 Å². The Bertz CT molecular complexity index is 159. The first-order valence-electron chi connectivity index (χ1n) is 4.79. The van der Waals surface area contributed by atoms with Crippen LogP contribution in [0.2, 0.25) is 0 Å². The van der Waals surface area contributed by atoms with Crippen LogP contribution in [0.25, 0.3) is 0 Å². The monoisotopic (exact) mass is 188 g/mol. The first-order valence-corrected chi connectivity index (χ1v) is 4.79. The maximum absolute atomic E-state index is 8.59. The van der Waals surface area contributed by atoms with Gasteiger partial charge in [-0.15, -0.1) is 0 Å². The smallest absolute Gasteiger partial charge is 0.0613 e. The molecule has 0 aromatic heterocycles. The summed E-state index contributed by atoms with van der Waals surface area (Å²) < 4.78 is 0. The van der Waals surface area contributed by atoms with Crippen molar-refractivity contribution >= 4 is 0 Å². The SMILES string of the molecule is CNC1(CO)CC1.NC1(CO)CC1. The second-order valence-corrected chi connectivity index (χ2v) is 4.21. The Hall–Kier alpha value is -0.160. The van der Waals surface area contributed by atoms with Crippen molar-refractivity contribution in [2.45, 2.75) is 36.8 Å². The Kier molecular flexibility index (Phi) is 3.29. The second kappa shape index (κ2) is 3.92. The van der Waals surface area contributed by atoms with E-state index in [4.69, 9.17) is 15.9 Å². The molecule has 0 heterocycles. The summed E-state index contributed by atoms with van der Waals surface area (Å²) in [4.78, 5) is 0. The molecule has 0 spiro atoms. The Morgan fingerprint density at radius 1 is 1.15 bits per heavy atom. The van der Waals surface area contributed by atoms with Gasteiger partial charge in [-0.3, -0.25) is 0 Å². The molecule has 2 aliphatic carbocycles. The fourth-order valence-electron chi connectivity index (χ4n) is 0.957. The zero-order valence-electron chi connectivity index (χ0n) is 8.21. The highest BCUT2D eigenvalue weighted by Crippen LogP contribution is 2.33. The maximum atomic E-state index is 8.59. The van der Waals surface area contributed by atoms with Crippen molar-refractivity contribution in [2.75, 3.05) is 20.3 Å². The lowest BCUT2D eigenvalue weighted by Gasteiger charge is -2.06. The van der Waals surface area contributed by atoms with Gasteiger partial charge in [-0.2, -0.15) is 0 Å². The fraction of sp³-hybridized carbons (Fsp3) is 1.00. The highest BCUT2D eigenvalue weighted by atomic mass is 16.3. The van der Waals surface area contributed by atoms with E-state index in [2.05, 4.69) is 5.32 Å². The highest BCUT2D eigenvalue weighted by Gasteiger charge is 2.39. The Morgan fingerprint density at radius 2 is 1.69 bits per heavy atom. The maximum Gasteiger partial charge on any atom is 0.0613 e. The van der Waals surface area contributed by atoms with Gasteiger partial charge in [-0.05, 0) is 32.7 Å². The molecule has 0 amide bonds. The molecule has 13 heavy (non-hydrogen) atoms. The molecule has 2 saturated carbocycles. The summed E-state index contributed by atoms with van der Waals surface area (Å²) in [7, 11) is 1.89. The number of aliphatic hydroxyl groups excluding tert-OH is 2. The summed E-state index contributed by atoms with van der Waals surface area (Å²) in [5.41, 5.74) is 5.38. The summed E-state index contributed by atoms with van der Waals surface area (Å²) in [6.45, 7) is 0.455. The number of hydrogen-bond acceptors (Lipinski definition) is 4. The lowest BCUT2D eigenvalue weighted by atomic mass is 10.3. The van der Waals surface area contributed by atoms with Gasteiger partial charge in [0.25, 0.3) is 0 Å². The van der Waals surface area contributed by atoms with Gasteiger partial charge in [0.1, 0.15) is 0 Å². The van der Waals surface area contributed by atoms with Gasteiger partial charge in [-0.25, -0.2) is 0 Å². The van der Waals surface area contributed by atoms with Crippen LogP contribution in [0.5, 0.6) is 0 Å². The topological polar surface area (TPSA) is 78.5 Å². The van der Waals surface area contributed by atoms with Gasteiger partial charge in [0.05, 0.1) is 13.2 Å². The number of likely N-dealkylation sites (N-methyl/N-ethyl adjacent to an activating group) is 1. The third-order valence-electron chi connectivity index (χ3n) is 2.89. The lowest BCUT2D eigenvalue weighted by Crippen LogP contribution is -2.30. The summed E-state index contributed by atoms with van der Waals surface area (Å²) in [6, 6.07) is 0. The van der Waals surface area contributed by atoms with E-state index in [0.717, 1.165) is 25.7 Å². The molecule has 2 aliphatic rings. The van der Waals surface area contributed by atoms with Crippen LogP contribution >= 0.6 is 0 Å². The van der Waals surface area contributed by atoms with Gasteiger partial charge in [-0.1, -0.05) is 0 Å². The van der Waals surface area contributed by atoms with Crippen molar-refractivity contribution in [2.24, 2.45) is 5.73 Å². The zero-order chi connectivity index (χ0) is 9.95. The minimum absolute atomic E-state index is 0.139. The standard InChI is InChI=1S/C5H11NO.C4H9NO/c1-6-5(4-7)2-3-5;5-4(3-6)1-2-4/h6-7H,2-4H2,1H3;6H,1-3,5H2. The molecule has 4 nitrogen and oxygen atoms in total. The van der Waals surface area contributed by atoms with Crippen LogP contribution < -0.4 is 11.1 Å². The van der Waals surface area contributed by atoms with Gasteiger partial charge in [0, 0.05) is 11.1 Å². The molecule has 2 fully saturated rings. The van der Waals surface area contributed by atoms with Gasteiger partial charge >= 0.3 is 0 Å². The molecule has 5 N–H and O–H groups in total. The molecular weight excluding hydrogens is 168 g/mol. The third-order valence-corrected chi connectivity index (χ3v) is 2.89. The van der Waals surface area contributed by atoms with Crippen molar-refractivity contribution in [3.8, 4) is 0 Å². The van der Waals surface area contributed by atoms with E-state index in [9.17, 15) is 0 Å². The summed E-state index contributed by atoms with van der Waals surface area (Å²) in [5, 5.41) is 20.0. The molecule has 78 valence electrons. The first-order chi connectivity index (χ1) is 6.10. The molecule has 0 aliphatic heterocycles. The normalized spacial score (nSPS) is 25.8. The molecule has 0 bridgehead atoms. The van der Waals surface area contributed by atoms with Crippen LogP contribution in [0.1, 0.15) is 25.7 Å². The summed E-state index contributed by atoms with van der Waals surface area (Å²) >= 11 is 0. The van der Waals surface area contributed by atoms with Crippen LogP contribution in [-0.4, -0.2) is 41.6 Å². The molecule has 0 atom stereocenters. The van der Waals surface area contributed by atoms with E-state index in [0.29, 0.717) is 6.61 Å². The van der Waals surface area contributed by atoms with Crippen LogP contribution in [0.15, 0.2) is 0 Å². The van der Waals surface area contributed by atoms with Crippen molar-refractivity contribution in [1.29, 1.82) is 0 Å². The third kappa shape index (κ3) is 3.23. The van der Waals surface area contributed by atoms with Crippen LogP contribution in [0.4, 0.5) is 0 Å². The highest BCUT2D eigenvalue weighted by molar-refractivity contribution is 5.00. The summed E-state index contributed by atoms with van der Waals surface area (Å²) in [6.07, 6.45) is 4.28. The zero-order valence-corrected chi connectivity index (χ0v) is 8.21. The molecule has 4 heteroatoms. The van der Waals surface area contributed by atoms with Crippen LogP contribution in [0, 0.1) is 0 Å². The Balaban J connectivity index is 0.000000132. The van der Waals surface area contributed by atoms with Crippen LogP contribution in [-0.2, 0) is 0 Å². The first kappa shape index (κ1) is 10.9. The predicted molar refractivity (Wildman–Crippen MR) is 51.3 cm³/mol. The largest absolute Gasteiger partial charge is 0.394 e. The average Bonchev–Trinajstić information content (AvgIpc) is 3.03. The van der Waals surface area contributed by atoms with E-state index in [1.54, 1.807) is 0 Å². The average molecular weight is 188 g/mol. The Labute approximate surface area is 79.1 Å². The molecular formula is C9H20N2O2. The molecule has 0 aromatic rings. The summed E-state index contributed by atoms with van der Waals surface area (Å²) in [5.74, 6) is 0. The fourth-order valence-corrected chi connectivity index (χ4v) is 0.957. The molecule has 0 radical (unpaired) electrons. The van der Waals surface area contributed by atoms with Crippen molar-refractivity contribution < 1.29 is 10.2 Å². The van der Waals surface area contributed by atoms with E-state index < -0.39 is 0 Å². The van der Waals surface area contributed by atoms with Gasteiger partial charge in [0.2, 0.25) is 0 Å². The molecule has 0 aromatic carbocycles. The quantitative estimate of drug-likeness (QED) is 0.467. The number of rotatable bonds is 3. The molecule has 0 saturated heterocycles. The van der Waals surface area contributed by atoms with Gasteiger partial charge in [0.15, 0.2) is 0 Å². The predicted octanol–water partition coefficient (Wildman–Crippen LogP) is -0.799. The van der Waals surface area contributed by atoms with E-state index in [1.807, 2.05) is 7.05 Å². The lowest BCUT2D eigenvalue weighted by molar-refractivity contribution is 0.237. The molecule has 2 rings (SSSR count). The number of hydrogen-bond donors (Lipinski definition) is 4. The van der Waals surface area contributed by atoms with E-state index in [-0.39, 0.29) is 17.7 Å². The van der Waals surface area contributed by atoms with E-state index in [1.165, 1.54) is 0 Å². The minimum atomic E-state index is -0.153. The van der Waals surface area contributed by atoms with Gasteiger partial charge < -0.3 is 21.3 Å². The van der Waals surface area contributed by atoms with E-state index >= 15 is 0 Å². The Morgan fingerprint density at radius 3 is 1.69 bits per heavy atom. The number of aliphatic hydroxyl groups is 2. The van der Waals surface area contributed by atoms with Crippen molar-refractivity contribution in [3.63, 3.8) is 0 Å². The number of nitrogens with one attached hydrogen (secondary N) is 1. The number of nitrogens with two attached hydrogens (primary N) is 1. The van der Waals surface area contributed by atoms with Crippen molar-refractivity contribution in [1.82, 2.24) is 5.32 Å². The second-order valence-electron chi connectivity index (χ2n) is 4.21.